The molecule has 1 radical (unpaired) electrons. The first-order chi connectivity index (χ1) is 4.43. The Bertz CT molecular complexity index is 179. The topological polar surface area (TPSA) is 14.1 Å². The Morgan fingerprint density at radius 2 is 1.89 bits per heavy atom. The van der Waals surface area contributed by atoms with E-state index in [1.165, 1.54) is 6.20 Å². The standard InChI is InChI=1S/C8H8N/c1-2-9-8-6-4-3-5-7-8/h2-7H,1H2. The largest absolute Gasteiger partial charge is 0.258 e. The van der Waals surface area contributed by atoms with Crippen LogP contribution in [0.2, 0.25) is 0 Å². The Kier molecular flexibility index (Phi) is 1.91. The minimum Gasteiger partial charge on any atom is -0.258 e. The predicted molar refractivity (Wildman–Crippen MR) is 38.4 cm³/mol. The molecule has 0 spiro atoms. The first kappa shape index (κ1) is 5.89. The average Bonchev–Trinajstić information content (AvgIpc) is 1.91. The maximum atomic E-state index is 3.97. The summed E-state index contributed by atoms with van der Waals surface area (Å²) >= 11 is 0. The van der Waals surface area contributed by atoms with Crippen LogP contribution in [0.5, 0.6) is 0 Å². The van der Waals surface area contributed by atoms with Crippen molar-refractivity contribution in [1.29, 1.82) is 0 Å². The van der Waals surface area contributed by atoms with Gasteiger partial charge in [0.15, 0.2) is 0 Å². The van der Waals surface area contributed by atoms with E-state index in [2.05, 4.69) is 11.9 Å². The smallest absolute Gasteiger partial charge is 0.0629 e. The molecule has 45 valence electrons. The highest BCUT2D eigenvalue weighted by atomic mass is 14.8. The second-order valence-corrected chi connectivity index (χ2v) is 1.65. The van der Waals surface area contributed by atoms with Gasteiger partial charge in [-0.1, -0.05) is 24.8 Å². The molecule has 1 aromatic carbocycles. The minimum absolute atomic E-state index is 0.951. The third kappa shape index (κ3) is 1.61. The van der Waals surface area contributed by atoms with Gasteiger partial charge >= 0.3 is 0 Å². The molecule has 0 aliphatic heterocycles. The molecule has 1 aromatic rings. The summed E-state index contributed by atoms with van der Waals surface area (Å²) in [5.74, 6) is 0. The van der Waals surface area contributed by atoms with Gasteiger partial charge in [0.05, 0.1) is 5.69 Å². The Labute approximate surface area is 55.0 Å². The van der Waals surface area contributed by atoms with Gasteiger partial charge in [-0.15, -0.1) is 0 Å². The van der Waals surface area contributed by atoms with Crippen molar-refractivity contribution in [3.05, 3.63) is 43.1 Å². The van der Waals surface area contributed by atoms with E-state index >= 15 is 0 Å². The molecule has 0 aliphatic rings. The van der Waals surface area contributed by atoms with Crippen LogP contribution in [0.4, 0.5) is 5.69 Å². The number of hydrogen-bond donors (Lipinski definition) is 0. The summed E-state index contributed by atoms with van der Waals surface area (Å²) in [4.78, 5) is 0. The Morgan fingerprint density at radius 1 is 1.22 bits per heavy atom. The molecule has 0 saturated carbocycles. The van der Waals surface area contributed by atoms with E-state index in [-0.39, 0.29) is 0 Å². The van der Waals surface area contributed by atoms with Gasteiger partial charge in [-0.05, 0) is 12.1 Å². The van der Waals surface area contributed by atoms with Crippen molar-refractivity contribution < 1.29 is 0 Å². The van der Waals surface area contributed by atoms with E-state index in [0.29, 0.717) is 0 Å². The Hall–Kier alpha value is -1.24. The van der Waals surface area contributed by atoms with Gasteiger partial charge in [0.1, 0.15) is 0 Å². The first-order valence-corrected chi connectivity index (χ1v) is 2.80. The molecule has 9 heavy (non-hydrogen) atoms. The molecule has 0 unspecified atom stereocenters. The SMILES string of the molecule is C=C[N]c1ccccc1. The van der Waals surface area contributed by atoms with Gasteiger partial charge in [-0.3, -0.25) is 5.32 Å². The zero-order chi connectivity index (χ0) is 6.53. The first-order valence-electron chi connectivity index (χ1n) is 2.80. The lowest BCUT2D eigenvalue weighted by atomic mass is 10.3. The summed E-state index contributed by atoms with van der Waals surface area (Å²) in [6.07, 6.45) is 1.54. The highest BCUT2D eigenvalue weighted by Crippen LogP contribution is 2.03. The molecule has 0 heterocycles. The summed E-state index contributed by atoms with van der Waals surface area (Å²) < 4.78 is 0. The highest BCUT2D eigenvalue weighted by Gasteiger charge is 1.82. The molecule has 1 rings (SSSR count). The highest BCUT2D eigenvalue weighted by molar-refractivity contribution is 5.35. The summed E-state index contributed by atoms with van der Waals surface area (Å²) in [6, 6.07) is 9.72. The average molecular weight is 118 g/mol. The van der Waals surface area contributed by atoms with Gasteiger partial charge in [0.25, 0.3) is 0 Å². The third-order valence-corrected chi connectivity index (χ3v) is 0.997. The lowest BCUT2D eigenvalue weighted by Gasteiger charge is -1.91. The van der Waals surface area contributed by atoms with Gasteiger partial charge in [0, 0.05) is 6.20 Å². The van der Waals surface area contributed by atoms with Crippen molar-refractivity contribution in [2.24, 2.45) is 0 Å². The zero-order valence-electron chi connectivity index (χ0n) is 5.12. The van der Waals surface area contributed by atoms with Gasteiger partial charge in [-0.25, -0.2) is 0 Å². The summed E-state index contributed by atoms with van der Waals surface area (Å²) in [5, 5.41) is 3.97. The Balaban J connectivity index is 2.72. The lowest BCUT2D eigenvalue weighted by molar-refractivity contribution is 1.19. The van der Waals surface area contributed by atoms with E-state index in [9.17, 15) is 0 Å². The second-order valence-electron chi connectivity index (χ2n) is 1.65. The van der Waals surface area contributed by atoms with E-state index in [4.69, 9.17) is 0 Å². The molecule has 0 N–H and O–H groups in total. The van der Waals surface area contributed by atoms with Crippen LogP contribution in [-0.4, -0.2) is 0 Å². The fourth-order valence-corrected chi connectivity index (χ4v) is 0.619. The molecule has 1 nitrogen and oxygen atoms in total. The van der Waals surface area contributed by atoms with Crippen molar-refractivity contribution in [1.82, 2.24) is 5.32 Å². The van der Waals surface area contributed by atoms with Crippen LogP contribution in [0, 0.1) is 0 Å². The Morgan fingerprint density at radius 3 is 2.44 bits per heavy atom. The molecular formula is C8H8N. The molecule has 0 aromatic heterocycles. The number of benzene rings is 1. The minimum atomic E-state index is 0.951. The maximum absolute atomic E-state index is 3.97. The van der Waals surface area contributed by atoms with Crippen molar-refractivity contribution in [2.75, 3.05) is 0 Å². The molecule has 0 bridgehead atoms. The van der Waals surface area contributed by atoms with E-state index < -0.39 is 0 Å². The van der Waals surface area contributed by atoms with Crippen LogP contribution in [0.1, 0.15) is 0 Å². The van der Waals surface area contributed by atoms with Crippen LogP contribution < -0.4 is 5.32 Å². The third-order valence-electron chi connectivity index (χ3n) is 0.997. The normalized spacial score (nSPS) is 8.44. The van der Waals surface area contributed by atoms with Crippen LogP contribution in [0.3, 0.4) is 0 Å². The summed E-state index contributed by atoms with van der Waals surface area (Å²) in [7, 11) is 0. The zero-order valence-corrected chi connectivity index (χ0v) is 5.12. The molecule has 0 aliphatic carbocycles. The van der Waals surface area contributed by atoms with E-state index in [1.807, 2.05) is 30.3 Å². The number of para-hydroxylation sites is 1. The maximum Gasteiger partial charge on any atom is 0.0629 e. The number of nitrogens with zero attached hydrogens (tertiary/aromatic N) is 1. The van der Waals surface area contributed by atoms with Crippen molar-refractivity contribution in [2.45, 2.75) is 0 Å². The predicted octanol–water partition coefficient (Wildman–Crippen LogP) is 2.07. The fraction of sp³-hybridized carbons (Fsp3) is 0. The molecule has 0 fully saturated rings. The molecule has 0 amide bonds. The number of rotatable bonds is 2. The lowest BCUT2D eigenvalue weighted by Crippen LogP contribution is -1.81. The molecule has 1 heteroatoms. The van der Waals surface area contributed by atoms with Crippen molar-refractivity contribution in [3.8, 4) is 0 Å². The van der Waals surface area contributed by atoms with E-state index in [0.717, 1.165) is 5.69 Å². The van der Waals surface area contributed by atoms with Crippen LogP contribution in [0.15, 0.2) is 43.1 Å². The quantitative estimate of drug-likeness (QED) is 0.564. The fourth-order valence-electron chi connectivity index (χ4n) is 0.619. The second kappa shape index (κ2) is 2.92. The monoisotopic (exact) mass is 118 g/mol. The molecule has 0 atom stereocenters. The van der Waals surface area contributed by atoms with Gasteiger partial charge < -0.3 is 0 Å². The molecular weight excluding hydrogens is 110 g/mol. The van der Waals surface area contributed by atoms with Crippen LogP contribution in [-0.2, 0) is 0 Å². The summed E-state index contributed by atoms with van der Waals surface area (Å²) in [6.45, 7) is 3.49. The van der Waals surface area contributed by atoms with Crippen LogP contribution in [0.25, 0.3) is 0 Å². The van der Waals surface area contributed by atoms with Crippen LogP contribution >= 0.6 is 0 Å². The summed E-state index contributed by atoms with van der Waals surface area (Å²) in [5.41, 5.74) is 0.951. The van der Waals surface area contributed by atoms with Gasteiger partial charge in [0.2, 0.25) is 0 Å². The van der Waals surface area contributed by atoms with E-state index in [1.54, 1.807) is 0 Å². The van der Waals surface area contributed by atoms with Gasteiger partial charge in [-0.2, -0.15) is 0 Å². The molecule has 0 saturated heterocycles. The van der Waals surface area contributed by atoms with Crippen molar-refractivity contribution >= 4 is 5.69 Å². The number of hydrogen-bond acceptors (Lipinski definition) is 0. The van der Waals surface area contributed by atoms with Crippen molar-refractivity contribution in [3.63, 3.8) is 0 Å².